The lowest BCUT2D eigenvalue weighted by Crippen LogP contribution is -2.48. The normalized spacial score (nSPS) is 17.8. The summed E-state index contributed by atoms with van der Waals surface area (Å²) in [5, 5.41) is 21.8. The lowest BCUT2D eigenvalue weighted by atomic mass is 9.91. The van der Waals surface area contributed by atoms with Crippen molar-refractivity contribution >= 4 is 27.6 Å². The van der Waals surface area contributed by atoms with Crippen LogP contribution in [-0.4, -0.2) is 55.5 Å². The summed E-state index contributed by atoms with van der Waals surface area (Å²) in [7, 11) is -5.45. The Labute approximate surface area is 254 Å². The average molecular weight is 654 g/mol. The van der Waals surface area contributed by atoms with Gasteiger partial charge in [-0.25, -0.2) is 35.2 Å². The molecule has 3 aromatic rings. The molecule has 0 bridgehead atoms. The van der Waals surface area contributed by atoms with Gasteiger partial charge in [0.2, 0.25) is 21.7 Å². The number of carbonyl (C=O) groups is 2. The number of anilines is 1. The van der Waals surface area contributed by atoms with Crippen molar-refractivity contribution in [3.05, 3.63) is 88.2 Å². The van der Waals surface area contributed by atoms with Crippen LogP contribution in [0, 0.1) is 29.1 Å². The summed E-state index contributed by atoms with van der Waals surface area (Å²) in [5.74, 6) is -15.7. The smallest absolute Gasteiger partial charge is 0.335 e. The lowest BCUT2D eigenvalue weighted by molar-refractivity contribution is -0.268. The van der Waals surface area contributed by atoms with E-state index in [4.69, 9.17) is 4.74 Å². The minimum Gasteiger partial charge on any atom is -0.872 e. The van der Waals surface area contributed by atoms with Crippen LogP contribution in [0.15, 0.2) is 47.4 Å². The zero-order valence-corrected chi connectivity index (χ0v) is 24.3. The second-order valence-corrected chi connectivity index (χ2v) is 12.5. The van der Waals surface area contributed by atoms with E-state index >= 15 is 0 Å². The molecule has 45 heavy (non-hydrogen) atoms. The summed E-state index contributed by atoms with van der Waals surface area (Å²) < 4.78 is 103. The van der Waals surface area contributed by atoms with Gasteiger partial charge in [0.1, 0.15) is 6.04 Å². The van der Waals surface area contributed by atoms with E-state index in [9.17, 15) is 50.2 Å². The summed E-state index contributed by atoms with van der Waals surface area (Å²) in [6.07, 6.45) is 1.47. The number of aromatic carboxylic acids is 1. The molecule has 3 aromatic carbocycles. The third kappa shape index (κ3) is 6.11. The van der Waals surface area contributed by atoms with E-state index in [2.05, 4.69) is 0 Å². The molecule has 9 nitrogen and oxygen atoms in total. The van der Waals surface area contributed by atoms with Gasteiger partial charge in [-0.1, -0.05) is 30.0 Å². The monoisotopic (exact) mass is 653 g/mol. The first-order valence-corrected chi connectivity index (χ1v) is 15.3. The van der Waals surface area contributed by atoms with E-state index in [0.717, 1.165) is 35.4 Å². The molecule has 0 aromatic heterocycles. The van der Waals surface area contributed by atoms with E-state index in [1.807, 2.05) is 12.1 Å². The van der Waals surface area contributed by atoms with E-state index in [-0.39, 0.29) is 31.0 Å². The number of amides is 1. The topological polar surface area (TPSA) is 127 Å². The van der Waals surface area contributed by atoms with Crippen LogP contribution >= 0.6 is 0 Å². The Morgan fingerprint density at radius 2 is 1.51 bits per heavy atom. The van der Waals surface area contributed by atoms with Crippen LogP contribution in [0.4, 0.5) is 27.6 Å². The quantitative estimate of drug-likeness (QED) is 0.217. The Hall–Kier alpha value is -4.08. The highest BCUT2D eigenvalue weighted by molar-refractivity contribution is 7.89. The van der Waals surface area contributed by atoms with Crippen LogP contribution in [0.1, 0.15) is 53.1 Å². The number of nitrogens with zero attached hydrogens (tertiary/aromatic N) is 2. The molecule has 0 spiro atoms. The summed E-state index contributed by atoms with van der Waals surface area (Å²) in [5.41, 5.74) is 0.900. The Morgan fingerprint density at radius 1 is 0.911 bits per heavy atom. The van der Waals surface area contributed by atoms with E-state index in [1.165, 1.54) is 6.07 Å². The fourth-order valence-electron chi connectivity index (χ4n) is 5.64. The Bertz CT molecular complexity index is 1720. The number of benzene rings is 3. The number of hydrogen-bond donors (Lipinski definition) is 1. The molecule has 15 heteroatoms. The third-order valence-corrected chi connectivity index (χ3v) is 9.94. The Kier molecular flexibility index (Phi) is 9.14. The highest BCUT2D eigenvalue weighted by Gasteiger charge is 2.45. The molecule has 5 rings (SSSR count). The number of sulfonamides is 1. The number of carboxylic acid groups (broad SMARTS) is 1. The van der Waals surface area contributed by atoms with Crippen molar-refractivity contribution in [2.75, 3.05) is 24.7 Å². The summed E-state index contributed by atoms with van der Waals surface area (Å²) in [6.45, 7) is 0.525. The number of carbonyl (C=O) groups excluding carboxylic acids is 1. The molecule has 2 aliphatic rings. The van der Waals surface area contributed by atoms with Gasteiger partial charge < -0.3 is 19.8 Å². The summed E-state index contributed by atoms with van der Waals surface area (Å²) in [4.78, 5) is 24.4. The number of halogens is 5. The number of hydrogen-bond acceptors (Lipinski definition) is 6. The van der Waals surface area contributed by atoms with Gasteiger partial charge in [-0.3, -0.25) is 4.79 Å². The minimum atomic E-state index is -5.45. The van der Waals surface area contributed by atoms with Crippen molar-refractivity contribution in [2.45, 2.75) is 49.1 Å². The second kappa shape index (κ2) is 12.7. The van der Waals surface area contributed by atoms with Crippen molar-refractivity contribution < 1.29 is 54.9 Å². The highest BCUT2D eigenvalue weighted by atomic mass is 32.2. The molecule has 0 radical (unpaired) electrons. The first-order chi connectivity index (χ1) is 21.3. The SMILES string of the molecule is O=C(O)c1ccc(N(Cc2ccc(C3CCOCC3)cc2)C(=O)[C@H]2CCCN2S(=O)(=O)c2c(F)c(F)c(F)c(F)c2F)cc1[O-]. The number of ether oxygens (including phenoxy) is 1. The largest absolute Gasteiger partial charge is 0.872 e. The summed E-state index contributed by atoms with van der Waals surface area (Å²) in [6, 6.07) is 8.56. The van der Waals surface area contributed by atoms with Gasteiger partial charge in [-0.2, -0.15) is 4.31 Å². The third-order valence-electron chi connectivity index (χ3n) is 8.01. The standard InChI is InChI=1S/C30H27F5N2O7S/c31-23-24(32)26(34)28(27(35)25(23)33)45(42,43)37-11-1-2-21(37)29(39)36(19-7-8-20(30(40)41)22(38)14-19)15-16-3-5-17(6-4-16)18-9-12-44-13-10-18/h3-8,14,18,21,38H,1-2,9-13,15H2,(H,40,41)/p-1/t21-/m1/s1. The molecule has 2 saturated heterocycles. The molecule has 2 aliphatic heterocycles. The van der Waals surface area contributed by atoms with Gasteiger partial charge in [0.05, 0.1) is 12.1 Å². The lowest BCUT2D eigenvalue weighted by Gasteiger charge is -2.31. The van der Waals surface area contributed by atoms with Crippen LogP contribution in [0.5, 0.6) is 5.75 Å². The number of carboxylic acids is 1. The Balaban J connectivity index is 1.52. The molecule has 0 saturated carbocycles. The average Bonchev–Trinajstić information content (AvgIpc) is 3.53. The maximum atomic E-state index is 14.6. The first-order valence-electron chi connectivity index (χ1n) is 13.9. The van der Waals surface area contributed by atoms with E-state index in [0.29, 0.717) is 23.1 Å². The predicted octanol–water partition coefficient (Wildman–Crippen LogP) is 4.43. The van der Waals surface area contributed by atoms with Gasteiger partial charge in [0.15, 0.2) is 28.2 Å². The first kappa shape index (κ1) is 32.3. The van der Waals surface area contributed by atoms with Gasteiger partial charge in [-0.05, 0) is 60.9 Å². The van der Waals surface area contributed by atoms with Crippen LogP contribution < -0.4 is 10.0 Å². The van der Waals surface area contributed by atoms with Crippen LogP contribution in [0.2, 0.25) is 0 Å². The maximum Gasteiger partial charge on any atom is 0.335 e. The highest BCUT2D eigenvalue weighted by Crippen LogP contribution is 2.35. The van der Waals surface area contributed by atoms with Gasteiger partial charge in [-0.15, -0.1) is 0 Å². The summed E-state index contributed by atoms with van der Waals surface area (Å²) >= 11 is 0. The molecule has 1 amide bonds. The molecule has 0 aliphatic carbocycles. The molecule has 2 fully saturated rings. The maximum absolute atomic E-state index is 14.6. The van der Waals surface area contributed by atoms with Crippen molar-refractivity contribution in [2.24, 2.45) is 0 Å². The van der Waals surface area contributed by atoms with E-state index in [1.54, 1.807) is 12.1 Å². The van der Waals surface area contributed by atoms with Crippen molar-refractivity contribution in [3.8, 4) is 5.75 Å². The molecule has 2 heterocycles. The molecule has 0 unspecified atom stereocenters. The number of rotatable bonds is 8. The zero-order chi connectivity index (χ0) is 32.6. The molecular formula is C30H26F5N2O7S-. The second-order valence-electron chi connectivity index (χ2n) is 10.7. The Morgan fingerprint density at radius 3 is 2.09 bits per heavy atom. The molecule has 1 N–H and O–H groups in total. The fraction of sp³-hybridized carbons (Fsp3) is 0.333. The van der Waals surface area contributed by atoms with Gasteiger partial charge >= 0.3 is 5.97 Å². The van der Waals surface area contributed by atoms with Gasteiger partial charge in [0, 0.05) is 25.4 Å². The van der Waals surface area contributed by atoms with Crippen molar-refractivity contribution in [1.29, 1.82) is 0 Å². The molecular weight excluding hydrogens is 627 g/mol. The molecule has 1 atom stereocenters. The molecule has 240 valence electrons. The van der Waals surface area contributed by atoms with Crippen molar-refractivity contribution in [1.82, 2.24) is 4.31 Å². The van der Waals surface area contributed by atoms with Crippen molar-refractivity contribution in [3.63, 3.8) is 0 Å². The predicted molar refractivity (Wildman–Crippen MR) is 146 cm³/mol. The zero-order valence-electron chi connectivity index (χ0n) is 23.4. The van der Waals surface area contributed by atoms with Crippen LogP contribution in [0.3, 0.4) is 0 Å². The minimum absolute atomic E-state index is 0.00340. The van der Waals surface area contributed by atoms with Crippen LogP contribution in [0.25, 0.3) is 0 Å². The van der Waals surface area contributed by atoms with Gasteiger partial charge in [0.25, 0.3) is 0 Å². The fourth-order valence-corrected chi connectivity index (χ4v) is 7.41. The van der Waals surface area contributed by atoms with Crippen LogP contribution in [-0.2, 0) is 26.1 Å². The van der Waals surface area contributed by atoms with E-state index < -0.39 is 79.8 Å².